The van der Waals surface area contributed by atoms with Crippen LogP contribution in [0.4, 0.5) is 11.4 Å². The number of methoxy groups -OCH3 is 2. The molecule has 5 aromatic carbocycles. The Labute approximate surface area is 245 Å². The monoisotopic (exact) mass is 554 g/mol. The van der Waals surface area contributed by atoms with Crippen molar-refractivity contribution in [3.63, 3.8) is 0 Å². The lowest BCUT2D eigenvalue weighted by molar-refractivity contribution is -0.133. The van der Waals surface area contributed by atoms with Crippen molar-refractivity contribution < 1.29 is 19.1 Å². The van der Waals surface area contributed by atoms with Crippen molar-refractivity contribution >= 4 is 23.2 Å². The number of β-lactam (4-membered cyclic amide) rings is 1. The molecule has 0 N–H and O–H groups in total. The number of amides is 2. The zero-order chi connectivity index (χ0) is 29.1. The first-order chi connectivity index (χ1) is 20.6. The molecule has 0 aromatic heterocycles. The van der Waals surface area contributed by atoms with E-state index in [1.807, 2.05) is 115 Å². The number of ether oxygens (including phenoxy) is 2. The van der Waals surface area contributed by atoms with E-state index in [9.17, 15) is 9.59 Å². The number of anilines is 2. The second-order valence-electron chi connectivity index (χ2n) is 10.0. The van der Waals surface area contributed by atoms with Gasteiger partial charge in [-0.3, -0.25) is 19.4 Å². The van der Waals surface area contributed by atoms with Crippen LogP contribution in [0.3, 0.4) is 0 Å². The van der Waals surface area contributed by atoms with E-state index in [1.54, 1.807) is 48.3 Å². The van der Waals surface area contributed by atoms with Crippen molar-refractivity contribution in [3.8, 4) is 11.5 Å². The smallest absolute Gasteiger partial charge is 0.261 e. The third-order valence-electron chi connectivity index (χ3n) is 7.79. The summed E-state index contributed by atoms with van der Waals surface area (Å²) in [5.74, 6) is 0.844. The first-order valence-electron chi connectivity index (χ1n) is 13.7. The van der Waals surface area contributed by atoms with Gasteiger partial charge in [0.05, 0.1) is 20.3 Å². The van der Waals surface area contributed by atoms with Gasteiger partial charge in [0.1, 0.15) is 11.5 Å². The van der Waals surface area contributed by atoms with Gasteiger partial charge in [0, 0.05) is 16.9 Å². The van der Waals surface area contributed by atoms with E-state index in [-0.39, 0.29) is 11.8 Å². The number of hydrogen-bond acceptors (Lipinski definition) is 4. The maximum atomic E-state index is 15.0. The maximum Gasteiger partial charge on any atom is 0.261 e. The van der Waals surface area contributed by atoms with Gasteiger partial charge in [-0.15, -0.1) is 0 Å². The van der Waals surface area contributed by atoms with Crippen LogP contribution in [-0.2, 0) is 10.3 Å². The van der Waals surface area contributed by atoms with Crippen LogP contribution >= 0.6 is 0 Å². The van der Waals surface area contributed by atoms with Gasteiger partial charge in [-0.2, -0.15) is 0 Å². The minimum Gasteiger partial charge on any atom is -0.497 e. The lowest BCUT2D eigenvalue weighted by Crippen LogP contribution is -2.75. The summed E-state index contributed by atoms with van der Waals surface area (Å²) in [7, 11) is 3.21. The summed E-state index contributed by atoms with van der Waals surface area (Å²) in [6, 6.07) is 42.7. The SMILES string of the molecule is COc1ccc(N2C(=O)C(c3ccccc3)(N(C(=O)c3ccccc3)c3ccc(OC)cc3)C2c2ccccc2)cc1. The number of hydrogen-bond donors (Lipinski definition) is 0. The van der Waals surface area contributed by atoms with Crippen LogP contribution < -0.4 is 19.3 Å². The summed E-state index contributed by atoms with van der Waals surface area (Å²) >= 11 is 0. The molecule has 2 unspecified atom stereocenters. The van der Waals surface area contributed by atoms with Gasteiger partial charge in [0.25, 0.3) is 11.8 Å². The second-order valence-corrected chi connectivity index (χ2v) is 10.0. The lowest BCUT2D eigenvalue weighted by atomic mass is 9.68. The molecule has 0 radical (unpaired) electrons. The van der Waals surface area contributed by atoms with Crippen molar-refractivity contribution in [1.82, 2.24) is 0 Å². The van der Waals surface area contributed by atoms with E-state index in [1.165, 1.54) is 0 Å². The molecule has 6 nitrogen and oxygen atoms in total. The predicted octanol–water partition coefficient (Wildman–Crippen LogP) is 7.03. The highest BCUT2D eigenvalue weighted by Crippen LogP contribution is 2.57. The highest BCUT2D eigenvalue weighted by Gasteiger charge is 2.67. The van der Waals surface area contributed by atoms with Crippen LogP contribution in [-0.4, -0.2) is 26.0 Å². The van der Waals surface area contributed by atoms with E-state index < -0.39 is 11.6 Å². The second kappa shape index (κ2) is 11.3. The van der Waals surface area contributed by atoms with Crippen molar-refractivity contribution in [3.05, 3.63) is 156 Å². The van der Waals surface area contributed by atoms with Gasteiger partial charge in [-0.05, 0) is 71.8 Å². The molecule has 6 rings (SSSR count). The molecule has 1 saturated heterocycles. The Bertz CT molecular complexity index is 1670. The van der Waals surface area contributed by atoms with E-state index in [0.717, 1.165) is 5.56 Å². The number of rotatable bonds is 8. The Morgan fingerprint density at radius 3 is 1.71 bits per heavy atom. The summed E-state index contributed by atoms with van der Waals surface area (Å²) < 4.78 is 10.8. The largest absolute Gasteiger partial charge is 0.497 e. The average Bonchev–Trinajstić information content (AvgIpc) is 3.07. The molecule has 0 aliphatic carbocycles. The molecule has 5 aromatic rings. The van der Waals surface area contributed by atoms with Crippen molar-refractivity contribution in [2.24, 2.45) is 0 Å². The van der Waals surface area contributed by atoms with Crippen LogP contribution in [0.25, 0.3) is 0 Å². The third kappa shape index (κ3) is 4.38. The Morgan fingerprint density at radius 1 is 0.667 bits per heavy atom. The molecule has 1 heterocycles. The molecule has 1 aliphatic heterocycles. The van der Waals surface area contributed by atoms with Gasteiger partial charge >= 0.3 is 0 Å². The van der Waals surface area contributed by atoms with E-state index in [2.05, 4.69) is 0 Å². The molecule has 0 bridgehead atoms. The standard InChI is InChI=1S/C36H30N2O4/c1-41-31-22-18-29(19-23-31)37-33(26-12-6-3-7-13-26)36(35(37)40,28-16-10-5-11-17-28)38(30-20-24-32(42-2)25-21-30)34(39)27-14-8-4-9-15-27/h3-25,33H,1-2H3. The first kappa shape index (κ1) is 26.8. The first-order valence-corrected chi connectivity index (χ1v) is 13.7. The van der Waals surface area contributed by atoms with Gasteiger partial charge < -0.3 is 9.47 Å². The normalized spacial score (nSPS) is 17.7. The maximum absolute atomic E-state index is 15.0. The Hall–Kier alpha value is -5.36. The summed E-state index contributed by atoms with van der Waals surface area (Å²) in [5.41, 5.74) is 1.99. The summed E-state index contributed by atoms with van der Waals surface area (Å²) in [6.45, 7) is 0. The third-order valence-corrected chi connectivity index (χ3v) is 7.79. The molecule has 0 saturated carbocycles. The lowest BCUT2D eigenvalue weighted by Gasteiger charge is -2.60. The average molecular weight is 555 g/mol. The topological polar surface area (TPSA) is 59.1 Å². The Kier molecular flexibility index (Phi) is 7.19. The van der Waals surface area contributed by atoms with Gasteiger partial charge in [0.15, 0.2) is 5.54 Å². The fourth-order valence-corrected chi connectivity index (χ4v) is 5.82. The zero-order valence-electron chi connectivity index (χ0n) is 23.4. The van der Waals surface area contributed by atoms with E-state index in [0.29, 0.717) is 34.0 Å². The van der Waals surface area contributed by atoms with Crippen LogP contribution in [0.2, 0.25) is 0 Å². The van der Waals surface area contributed by atoms with Crippen molar-refractivity contribution in [2.75, 3.05) is 24.0 Å². The molecular weight excluding hydrogens is 524 g/mol. The number of carbonyl (C=O) groups is 2. The minimum atomic E-state index is -1.40. The van der Waals surface area contributed by atoms with Crippen LogP contribution in [0.1, 0.15) is 27.5 Å². The molecule has 42 heavy (non-hydrogen) atoms. The Balaban J connectivity index is 1.64. The zero-order valence-corrected chi connectivity index (χ0v) is 23.4. The number of nitrogens with zero attached hydrogens (tertiary/aromatic N) is 2. The quantitative estimate of drug-likeness (QED) is 0.193. The van der Waals surface area contributed by atoms with E-state index in [4.69, 9.17) is 9.47 Å². The minimum absolute atomic E-state index is 0.215. The van der Waals surface area contributed by atoms with Crippen molar-refractivity contribution in [2.45, 2.75) is 11.6 Å². The van der Waals surface area contributed by atoms with Gasteiger partial charge in [-0.25, -0.2) is 0 Å². The van der Waals surface area contributed by atoms with E-state index >= 15 is 0 Å². The van der Waals surface area contributed by atoms with Gasteiger partial charge in [-0.1, -0.05) is 78.9 Å². The molecule has 208 valence electrons. The van der Waals surface area contributed by atoms with Crippen LogP contribution in [0.5, 0.6) is 11.5 Å². The summed E-state index contributed by atoms with van der Waals surface area (Å²) in [6.07, 6.45) is 0. The highest BCUT2D eigenvalue weighted by molar-refractivity contribution is 6.19. The molecule has 1 fully saturated rings. The summed E-state index contributed by atoms with van der Waals surface area (Å²) in [4.78, 5) is 33.1. The van der Waals surface area contributed by atoms with Crippen LogP contribution in [0, 0.1) is 0 Å². The predicted molar refractivity (Wildman–Crippen MR) is 164 cm³/mol. The van der Waals surface area contributed by atoms with Crippen LogP contribution in [0.15, 0.2) is 140 Å². The highest BCUT2D eigenvalue weighted by atomic mass is 16.5. The molecular formula is C36H30N2O4. The number of benzene rings is 5. The summed E-state index contributed by atoms with van der Waals surface area (Å²) in [5, 5.41) is 0. The van der Waals surface area contributed by atoms with Gasteiger partial charge in [0.2, 0.25) is 0 Å². The Morgan fingerprint density at radius 2 is 1.17 bits per heavy atom. The molecule has 2 amide bonds. The molecule has 2 atom stereocenters. The fourth-order valence-electron chi connectivity index (χ4n) is 5.82. The van der Waals surface area contributed by atoms with Crippen molar-refractivity contribution in [1.29, 1.82) is 0 Å². The number of carbonyl (C=O) groups excluding carboxylic acids is 2. The molecule has 0 spiro atoms. The fraction of sp³-hybridized carbons (Fsp3) is 0.111. The molecule has 1 aliphatic rings. The molecule has 6 heteroatoms.